The lowest BCUT2D eigenvalue weighted by atomic mass is 10.2. The lowest BCUT2D eigenvalue weighted by Crippen LogP contribution is -2.20. The average molecular weight is 464 g/mol. The predicted octanol–water partition coefficient (Wildman–Crippen LogP) is 4.73. The molecule has 0 aliphatic heterocycles. The SMILES string of the molecule is COc1ccc(-c2nc3ccccc3c(=O)n2N=Cc2ccc(OC)c(Br)c2)cc1. The molecule has 4 aromatic rings. The highest BCUT2D eigenvalue weighted by Gasteiger charge is 2.12. The Labute approximate surface area is 181 Å². The molecule has 0 spiro atoms. The topological polar surface area (TPSA) is 65.7 Å². The monoisotopic (exact) mass is 463 g/mol. The Hall–Kier alpha value is -3.45. The van der Waals surface area contributed by atoms with E-state index < -0.39 is 0 Å². The second-order valence-corrected chi connectivity index (χ2v) is 7.29. The van der Waals surface area contributed by atoms with E-state index in [0.29, 0.717) is 16.7 Å². The van der Waals surface area contributed by atoms with Crippen LogP contribution < -0.4 is 15.0 Å². The molecule has 0 fully saturated rings. The van der Waals surface area contributed by atoms with E-state index in [9.17, 15) is 4.79 Å². The summed E-state index contributed by atoms with van der Waals surface area (Å²) in [6, 6.07) is 20.2. The van der Waals surface area contributed by atoms with E-state index >= 15 is 0 Å². The van der Waals surface area contributed by atoms with Crippen molar-refractivity contribution >= 4 is 33.0 Å². The summed E-state index contributed by atoms with van der Waals surface area (Å²) in [6.07, 6.45) is 1.62. The number of methoxy groups -OCH3 is 2. The Bertz CT molecular complexity index is 1300. The number of hydrogen-bond donors (Lipinski definition) is 0. The van der Waals surface area contributed by atoms with Gasteiger partial charge in [0.25, 0.3) is 5.56 Å². The summed E-state index contributed by atoms with van der Waals surface area (Å²) in [5.74, 6) is 1.89. The van der Waals surface area contributed by atoms with Crippen molar-refractivity contribution in [2.45, 2.75) is 0 Å². The van der Waals surface area contributed by atoms with Crippen molar-refractivity contribution in [3.05, 3.63) is 87.1 Å². The van der Waals surface area contributed by atoms with E-state index in [-0.39, 0.29) is 5.56 Å². The van der Waals surface area contributed by atoms with Crippen molar-refractivity contribution in [1.29, 1.82) is 0 Å². The minimum absolute atomic E-state index is 0.241. The fourth-order valence-electron chi connectivity index (χ4n) is 3.05. The van der Waals surface area contributed by atoms with Gasteiger partial charge in [-0.05, 0) is 76.1 Å². The highest BCUT2D eigenvalue weighted by Crippen LogP contribution is 2.25. The molecule has 30 heavy (non-hydrogen) atoms. The minimum Gasteiger partial charge on any atom is -0.497 e. The number of para-hydroxylation sites is 1. The summed E-state index contributed by atoms with van der Waals surface area (Å²) in [5, 5.41) is 4.97. The van der Waals surface area contributed by atoms with Crippen LogP contribution in [-0.4, -0.2) is 30.1 Å². The zero-order valence-electron chi connectivity index (χ0n) is 16.4. The van der Waals surface area contributed by atoms with Crippen LogP contribution >= 0.6 is 15.9 Å². The van der Waals surface area contributed by atoms with Crippen LogP contribution in [0, 0.1) is 0 Å². The van der Waals surface area contributed by atoms with Gasteiger partial charge in [0.1, 0.15) is 11.5 Å². The van der Waals surface area contributed by atoms with Crippen molar-refractivity contribution < 1.29 is 9.47 Å². The van der Waals surface area contributed by atoms with Gasteiger partial charge in [0.2, 0.25) is 0 Å². The Morgan fingerprint density at radius 3 is 2.47 bits per heavy atom. The smallest absolute Gasteiger partial charge is 0.282 e. The van der Waals surface area contributed by atoms with Crippen molar-refractivity contribution in [3.8, 4) is 22.9 Å². The van der Waals surface area contributed by atoms with Gasteiger partial charge < -0.3 is 9.47 Å². The summed E-state index contributed by atoms with van der Waals surface area (Å²) in [7, 11) is 3.21. The molecule has 0 aliphatic carbocycles. The predicted molar refractivity (Wildman–Crippen MR) is 122 cm³/mol. The molecule has 7 heteroatoms. The zero-order chi connectivity index (χ0) is 21.1. The summed E-state index contributed by atoms with van der Waals surface area (Å²) < 4.78 is 12.6. The number of nitrogens with zero attached hydrogens (tertiary/aromatic N) is 3. The summed E-state index contributed by atoms with van der Waals surface area (Å²) >= 11 is 3.47. The quantitative estimate of drug-likeness (QED) is 0.401. The van der Waals surface area contributed by atoms with E-state index in [1.54, 1.807) is 26.5 Å². The number of benzene rings is 3. The Morgan fingerprint density at radius 1 is 1.00 bits per heavy atom. The molecular weight excluding hydrogens is 446 g/mol. The van der Waals surface area contributed by atoms with E-state index in [2.05, 4.69) is 21.0 Å². The summed E-state index contributed by atoms with van der Waals surface area (Å²) in [5.41, 5.74) is 1.94. The normalized spacial score (nSPS) is 11.2. The number of aromatic nitrogens is 2. The van der Waals surface area contributed by atoms with Gasteiger partial charge >= 0.3 is 0 Å². The first kappa shape index (κ1) is 19.8. The number of hydrogen-bond acceptors (Lipinski definition) is 5. The third-order valence-electron chi connectivity index (χ3n) is 4.60. The molecule has 0 radical (unpaired) electrons. The highest BCUT2D eigenvalue weighted by atomic mass is 79.9. The van der Waals surface area contributed by atoms with Gasteiger partial charge in [-0.2, -0.15) is 9.78 Å². The lowest BCUT2D eigenvalue weighted by Gasteiger charge is -2.10. The fourth-order valence-corrected chi connectivity index (χ4v) is 3.60. The Kier molecular flexibility index (Phi) is 5.63. The summed E-state index contributed by atoms with van der Waals surface area (Å²) in [4.78, 5) is 17.9. The van der Waals surface area contributed by atoms with E-state index in [0.717, 1.165) is 27.1 Å². The van der Waals surface area contributed by atoms with E-state index in [1.807, 2.05) is 60.7 Å². The van der Waals surface area contributed by atoms with Crippen LogP contribution in [0.2, 0.25) is 0 Å². The lowest BCUT2D eigenvalue weighted by molar-refractivity contribution is 0.412. The molecule has 1 heterocycles. The molecule has 0 amide bonds. The van der Waals surface area contributed by atoms with Gasteiger partial charge in [0.15, 0.2) is 5.82 Å². The minimum atomic E-state index is -0.241. The van der Waals surface area contributed by atoms with E-state index in [4.69, 9.17) is 14.5 Å². The second-order valence-electron chi connectivity index (χ2n) is 6.44. The van der Waals surface area contributed by atoms with Gasteiger partial charge in [0, 0.05) is 5.56 Å². The summed E-state index contributed by atoms with van der Waals surface area (Å²) in [6.45, 7) is 0. The molecular formula is C23H18BrN3O3. The number of fused-ring (bicyclic) bond motifs is 1. The maximum atomic E-state index is 13.2. The van der Waals surface area contributed by atoms with Crippen LogP contribution in [0.15, 0.2) is 81.1 Å². The highest BCUT2D eigenvalue weighted by molar-refractivity contribution is 9.10. The van der Waals surface area contributed by atoms with Crippen LogP contribution in [0.25, 0.3) is 22.3 Å². The first-order valence-corrected chi connectivity index (χ1v) is 9.94. The molecule has 4 rings (SSSR count). The number of rotatable bonds is 5. The van der Waals surface area contributed by atoms with Crippen molar-refractivity contribution in [2.24, 2.45) is 5.10 Å². The molecule has 6 nitrogen and oxygen atoms in total. The molecule has 150 valence electrons. The molecule has 0 aliphatic rings. The molecule has 0 atom stereocenters. The second kappa shape index (κ2) is 8.51. The van der Waals surface area contributed by atoms with Crippen LogP contribution in [0.3, 0.4) is 0 Å². The van der Waals surface area contributed by atoms with Crippen LogP contribution in [0.1, 0.15) is 5.56 Å². The molecule has 1 aromatic heterocycles. The Balaban J connectivity index is 1.87. The molecule has 3 aromatic carbocycles. The van der Waals surface area contributed by atoms with Crippen LogP contribution in [0.4, 0.5) is 0 Å². The van der Waals surface area contributed by atoms with Crippen molar-refractivity contribution in [3.63, 3.8) is 0 Å². The van der Waals surface area contributed by atoms with Gasteiger partial charge in [-0.3, -0.25) is 4.79 Å². The van der Waals surface area contributed by atoms with Crippen LogP contribution in [-0.2, 0) is 0 Å². The van der Waals surface area contributed by atoms with Gasteiger partial charge in [-0.25, -0.2) is 4.98 Å². The molecule has 0 bridgehead atoms. The van der Waals surface area contributed by atoms with E-state index in [1.165, 1.54) is 4.68 Å². The van der Waals surface area contributed by atoms with Crippen LogP contribution in [0.5, 0.6) is 11.5 Å². The molecule has 0 saturated carbocycles. The third kappa shape index (κ3) is 3.84. The van der Waals surface area contributed by atoms with Gasteiger partial charge in [0.05, 0.1) is 35.8 Å². The first-order chi connectivity index (χ1) is 14.6. The van der Waals surface area contributed by atoms with Crippen molar-refractivity contribution in [1.82, 2.24) is 9.66 Å². The first-order valence-electron chi connectivity index (χ1n) is 9.15. The third-order valence-corrected chi connectivity index (χ3v) is 5.22. The zero-order valence-corrected chi connectivity index (χ0v) is 18.0. The molecule has 0 N–H and O–H groups in total. The standard InChI is InChI=1S/C23H18BrN3O3/c1-29-17-10-8-16(9-11-17)22-26-20-6-4-3-5-18(20)23(28)27(22)25-14-15-7-12-21(30-2)19(24)13-15/h3-14H,1-2H3. The Morgan fingerprint density at radius 2 is 1.77 bits per heavy atom. The maximum absolute atomic E-state index is 13.2. The number of ether oxygens (including phenoxy) is 2. The van der Waals surface area contributed by atoms with Crippen molar-refractivity contribution in [2.75, 3.05) is 14.2 Å². The average Bonchev–Trinajstić information content (AvgIpc) is 2.78. The van der Waals surface area contributed by atoms with Gasteiger partial charge in [-0.15, -0.1) is 0 Å². The largest absolute Gasteiger partial charge is 0.497 e. The fraction of sp³-hybridized carbons (Fsp3) is 0.0870. The molecule has 0 saturated heterocycles. The van der Waals surface area contributed by atoms with Gasteiger partial charge in [-0.1, -0.05) is 12.1 Å². The molecule has 0 unspecified atom stereocenters. The number of halogens is 1. The maximum Gasteiger partial charge on any atom is 0.282 e.